The normalized spacial score (nSPS) is 10.2. The number of halogens is 2. The van der Waals surface area contributed by atoms with Crippen LogP contribution in [0.4, 0.5) is 11.5 Å². The monoisotopic (exact) mass is 323 g/mol. The molecule has 0 saturated heterocycles. The molecule has 21 heavy (non-hydrogen) atoms. The molecule has 6 heteroatoms. The van der Waals surface area contributed by atoms with Crippen LogP contribution in [-0.4, -0.2) is 17.4 Å². The Kier molecular flexibility index (Phi) is 5.42. The number of amides is 1. The number of carbonyl (C=O) groups excluding carboxylic acids is 1. The lowest BCUT2D eigenvalue weighted by molar-refractivity contribution is 0.102. The Bertz CT molecular complexity index is 647. The molecule has 1 heterocycles. The standard InChI is InChI=1S/C15H15Cl2N3O/c1-2-7-18-13-9-10(6-8-19-13)15(21)20-12-5-3-4-11(16)14(12)17/h3-6,8-9H,2,7H2,1H3,(H,18,19)(H,20,21). The first kappa shape index (κ1) is 15.6. The molecule has 0 bridgehead atoms. The third kappa shape index (κ3) is 4.09. The van der Waals surface area contributed by atoms with Crippen molar-refractivity contribution in [1.29, 1.82) is 0 Å². The van der Waals surface area contributed by atoms with Gasteiger partial charge >= 0.3 is 0 Å². The number of hydrogen-bond donors (Lipinski definition) is 2. The molecule has 1 aromatic heterocycles. The molecule has 0 saturated carbocycles. The number of nitrogens with zero attached hydrogens (tertiary/aromatic N) is 1. The van der Waals surface area contributed by atoms with Crippen molar-refractivity contribution < 1.29 is 4.79 Å². The van der Waals surface area contributed by atoms with Gasteiger partial charge in [-0.3, -0.25) is 4.79 Å². The van der Waals surface area contributed by atoms with Gasteiger partial charge in [0, 0.05) is 18.3 Å². The molecule has 110 valence electrons. The van der Waals surface area contributed by atoms with Crippen molar-refractivity contribution >= 4 is 40.6 Å². The highest BCUT2D eigenvalue weighted by atomic mass is 35.5. The van der Waals surface area contributed by atoms with E-state index < -0.39 is 0 Å². The van der Waals surface area contributed by atoms with Crippen LogP contribution in [0.3, 0.4) is 0 Å². The maximum atomic E-state index is 12.2. The number of anilines is 2. The second-order valence-corrected chi connectivity index (χ2v) is 5.20. The van der Waals surface area contributed by atoms with Crippen LogP contribution in [0.1, 0.15) is 23.7 Å². The van der Waals surface area contributed by atoms with Crippen LogP contribution in [0.5, 0.6) is 0 Å². The highest BCUT2D eigenvalue weighted by Gasteiger charge is 2.11. The van der Waals surface area contributed by atoms with Gasteiger partial charge in [0.2, 0.25) is 0 Å². The van der Waals surface area contributed by atoms with Crippen molar-refractivity contribution in [2.45, 2.75) is 13.3 Å². The van der Waals surface area contributed by atoms with E-state index in [0.717, 1.165) is 13.0 Å². The first-order valence-corrected chi connectivity index (χ1v) is 7.32. The zero-order valence-electron chi connectivity index (χ0n) is 11.5. The van der Waals surface area contributed by atoms with Gasteiger partial charge in [-0.05, 0) is 30.7 Å². The molecular formula is C15H15Cl2N3O. The van der Waals surface area contributed by atoms with Crippen molar-refractivity contribution in [1.82, 2.24) is 4.98 Å². The molecule has 0 spiro atoms. The molecule has 0 radical (unpaired) electrons. The third-order valence-electron chi connectivity index (χ3n) is 2.78. The Hall–Kier alpha value is -1.78. The largest absolute Gasteiger partial charge is 0.370 e. The highest BCUT2D eigenvalue weighted by molar-refractivity contribution is 6.44. The van der Waals surface area contributed by atoms with Gasteiger partial charge in [0.25, 0.3) is 5.91 Å². The predicted octanol–water partition coefficient (Wildman–Crippen LogP) is 4.46. The minimum Gasteiger partial charge on any atom is -0.370 e. The number of benzene rings is 1. The smallest absolute Gasteiger partial charge is 0.255 e. The zero-order chi connectivity index (χ0) is 15.2. The second-order valence-electron chi connectivity index (χ2n) is 4.41. The van der Waals surface area contributed by atoms with Crippen molar-refractivity contribution in [3.8, 4) is 0 Å². The summed E-state index contributed by atoms with van der Waals surface area (Å²) in [5.74, 6) is 0.405. The molecule has 0 atom stereocenters. The molecule has 1 aromatic carbocycles. The molecule has 2 aromatic rings. The van der Waals surface area contributed by atoms with Gasteiger partial charge in [-0.2, -0.15) is 0 Å². The molecule has 0 aliphatic carbocycles. The molecule has 0 fully saturated rings. The van der Waals surface area contributed by atoms with E-state index in [1.54, 1.807) is 36.5 Å². The maximum absolute atomic E-state index is 12.2. The Labute approximate surface area is 133 Å². The molecule has 2 N–H and O–H groups in total. The fraction of sp³-hybridized carbons (Fsp3) is 0.200. The minimum absolute atomic E-state index is 0.263. The van der Waals surface area contributed by atoms with Crippen LogP contribution in [0.25, 0.3) is 0 Å². The molecule has 0 unspecified atom stereocenters. The Morgan fingerprint density at radius 2 is 2.10 bits per heavy atom. The lowest BCUT2D eigenvalue weighted by atomic mass is 10.2. The van der Waals surface area contributed by atoms with Gasteiger partial charge in [0.1, 0.15) is 5.82 Å². The van der Waals surface area contributed by atoms with E-state index in [-0.39, 0.29) is 5.91 Å². The number of pyridine rings is 1. The minimum atomic E-state index is -0.263. The van der Waals surface area contributed by atoms with Gasteiger partial charge in [-0.15, -0.1) is 0 Å². The lowest BCUT2D eigenvalue weighted by Gasteiger charge is -2.09. The molecule has 1 amide bonds. The van der Waals surface area contributed by atoms with Gasteiger partial charge in [-0.1, -0.05) is 36.2 Å². The third-order valence-corrected chi connectivity index (χ3v) is 3.60. The Morgan fingerprint density at radius 3 is 2.86 bits per heavy atom. The lowest BCUT2D eigenvalue weighted by Crippen LogP contribution is -2.13. The molecule has 4 nitrogen and oxygen atoms in total. The van der Waals surface area contributed by atoms with Gasteiger partial charge in [0.05, 0.1) is 15.7 Å². The highest BCUT2D eigenvalue weighted by Crippen LogP contribution is 2.29. The van der Waals surface area contributed by atoms with Crippen molar-refractivity contribution in [3.05, 3.63) is 52.1 Å². The van der Waals surface area contributed by atoms with E-state index in [4.69, 9.17) is 23.2 Å². The zero-order valence-corrected chi connectivity index (χ0v) is 13.0. The van der Waals surface area contributed by atoms with Crippen molar-refractivity contribution in [2.75, 3.05) is 17.2 Å². The summed E-state index contributed by atoms with van der Waals surface area (Å²) in [6.07, 6.45) is 2.57. The summed E-state index contributed by atoms with van der Waals surface area (Å²) in [7, 11) is 0. The van der Waals surface area contributed by atoms with Crippen LogP contribution in [0.15, 0.2) is 36.5 Å². The number of aromatic nitrogens is 1. The summed E-state index contributed by atoms with van der Waals surface area (Å²) < 4.78 is 0. The summed E-state index contributed by atoms with van der Waals surface area (Å²) >= 11 is 12.0. The van der Waals surface area contributed by atoms with Crippen molar-refractivity contribution in [2.24, 2.45) is 0 Å². The summed E-state index contributed by atoms with van der Waals surface area (Å²) in [6.45, 7) is 2.86. The first-order valence-electron chi connectivity index (χ1n) is 6.57. The summed E-state index contributed by atoms with van der Waals surface area (Å²) in [5.41, 5.74) is 0.980. The molecule has 0 aliphatic rings. The maximum Gasteiger partial charge on any atom is 0.255 e. The van der Waals surface area contributed by atoms with E-state index in [1.807, 2.05) is 0 Å². The fourth-order valence-corrected chi connectivity index (χ4v) is 2.06. The Morgan fingerprint density at radius 1 is 1.29 bits per heavy atom. The quantitative estimate of drug-likeness (QED) is 0.853. The van der Waals surface area contributed by atoms with Crippen LogP contribution in [-0.2, 0) is 0 Å². The van der Waals surface area contributed by atoms with E-state index in [9.17, 15) is 4.79 Å². The van der Waals surface area contributed by atoms with Gasteiger partial charge in [-0.25, -0.2) is 4.98 Å². The number of nitrogens with one attached hydrogen (secondary N) is 2. The van der Waals surface area contributed by atoms with Gasteiger partial charge < -0.3 is 10.6 Å². The fourth-order valence-electron chi connectivity index (χ4n) is 1.72. The van der Waals surface area contributed by atoms with Crippen LogP contribution in [0.2, 0.25) is 10.0 Å². The second kappa shape index (κ2) is 7.29. The SMILES string of the molecule is CCCNc1cc(C(=O)Nc2cccc(Cl)c2Cl)ccn1. The van der Waals surface area contributed by atoms with E-state index in [0.29, 0.717) is 27.1 Å². The number of hydrogen-bond acceptors (Lipinski definition) is 3. The predicted molar refractivity (Wildman–Crippen MR) is 87.4 cm³/mol. The van der Waals surface area contributed by atoms with E-state index in [2.05, 4.69) is 22.5 Å². The number of rotatable bonds is 5. The summed E-state index contributed by atoms with van der Waals surface area (Å²) in [4.78, 5) is 16.4. The molecule has 0 aliphatic heterocycles. The molecule has 2 rings (SSSR count). The van der Waals surface area contributed by atoms with E-state index >= 15 is 0 Å². The first-order chi connectivity index (χ1) is 10.1. The van der Waals surface area contributed by atoms with Crippen LogP contribution < -0.4 is 10.6 Å². The van der Waals surface area contributed by atoms with E-state index in [1.165, 1.54) is 0 Å². The molecular weight excluding hydrogens is 309 g/mol. The van der Waals surface area contributed by atoms with Crippen LogP contribution >= 0.6 is 23.2 Å². The van der Waals surface area contributed by atoms with Gasteiger partial charge in [0.15, 0.2) is 0 Å². The Balaban J connectivity index is 2.15. The van der Waals surface area contributed by atoms with Crippen molar-refractivity contribution in [3.63, 3.8) is 0 Å². The average Bonchev–Trinajstić information content (AvgIpc) is 2.50. The number of carbonyl (C=O) groups is 1. The average molecular weight is 324 g/mol. The summed E-state index contributed by atoms with van der Waals surface area (Å²) in [5, 5.41) is 6.60. The summed E-state index contributed by atoms with van der Waals surface area (Å²) in [6, 6.07) is 8.43. The van der Waals surface area contributed by atoms with Crippen LogP contribution in [0, 0.1) is 0 Å². The topological polar surface area (TPSA) is 54.0 Å².